The van der Waals surface area contributed by atoms with E-state index in [0.29, 0.717) is 23.8 Å². The zero-order valence-electron chi connectivity index (χ0n) is 16.7. The Kier molecular flexibility index (Phi) is 6.06. The minimum Gasteiger partial charge on any atom is -0.350 e. The number of aryl methyl sites for hydroxylation is 3. The van der Waals surface area contributed by atoms with Crippen molar-refractivity contribution >= 4 is 39.2 Å². The number of benzene rings is 1. The van der Waals surface area contributed by atoms with Gasteiger partial charge in [0, 0.05) is 17.1 Å². The van der Waals surface area contributed by atoms with Crippen molar-refractivity contribution in [1.29, 1.82) is 0 Å². The minimum absolute atomic E-state index is 0.00471. The van der Waals surface area contributed by atoms with Gasteiger partial charge in [0.2, 0.25) is 5.91 Å². The summed E-state index contributed by atoms with van der Waals surface area (Å²) in [5.41, 5.74) is 3.51. The Hall–Kier alpha value is -2.12. The number of H-pyrrole nitrogens is 1. The van der Waals surface area contributed by atoms with Gasteiger partial charge in [-0.05, 0) is 49.8 Å². The van der Waals surface area contributed by atoms with Crippen LogP contribution in [0.4, 0.5) is 0 Å². The van der Waals surface area contributed by atoms with E-state index in [0.717, 1.165) is 35.0 Å². The number of thiophene rings is 1. The fraction of sp³-hybridized carbons (Fsp3) is 0.409. The lowest BCUT2D eigenvalue weighted by molar-refractivity contribution is -0.121. The van der Waals surface area contributed by atoms with Crippen molar-refractivity contribution in [3.05, 3.63) is 62.0 Å². The summed E-state index contributed by atoms with van der Waals surface area (Å²) in [7, 11) is 0. The second-order valence-electron chi connectivity index (χ2n) is 7.50. The van der Waals surface area contributed by atoms with Crippen LogP contribution in [-0.4, -0.2) is 21.6 Å². The summed E-state index contributed by atoms with van der Waals surface area (Å²) in [5.74, 6) is 2.03. The number of nitrogens with one attached hydrogen (secondary N) is 2. The highest BCUT2D eigenvalue weighted by Gasteiger charge is 2.21. The lowest BCUT2D eigenvalue weighted by Gasteiger charge is -2.16. The third kappa shape index (κ3) is 4.41. The summed E-state index contributed by atoms with van der Waals surface area (Å²) in [4.78, 5) is 34.5. The average molecular weight is 428 g/mol. The molecule has 0 radical (unpaired) electrons. The molecule has 0 bridgehead atoms. The number of fused-ring (bicyclic) bond motifs is 3. The summed E-state index contributed by atoms with van der Waals surface area (Å²) in [6, 6.07) is 8.10. The van der Waals surface area contributed by atoms with Crippen LogP contribution in [0.2, 0.25) is 0 Å². The summed E-state index contributed by atoms with van der Waals surface area (Å²) in [5, 5.41) is 3.86. The molecule has 29 heavy (non-hydrogen) atoms. The minimum atomic E-state index is -0.0187. The lowest BCUT2D eigenvalue weighted by Crippen LogP contribution is -2.27. The molecule has 1 aromatic carbocycles. The van der Waals surface area contributed by atoms with Crippen LogP contribution in [0.15, 0.2) is 29.1 Å². The number of thioether (sulfide) groups is 1. The van der Waals surface area contributed by atoms with E-state index in [1.165, 1.54) is 16.0 Å². The standard InChI is InChI=1S/C22H25N3O2S2/c1-13-6-3-4-7-15(13)14(2)23-19(26)10-11-28-12-18-24-21(27)20-16-8-5-9-17(16)29-22(20)25-18/h3-4,6-7,14H,5,8-12H2,1-2H3,(H,23,26)(H,24,25,27). The fourth-order valence-electron chi connectivity index (χ4n) is 3.91. The first-order chi connectivity index (χ1) is 14.0. The smallest absolute Gasteiger partial charge is 0.259 e. The number of hydrogen-bond donors (Lipinski definition) is 2. The predicted molar refractivity (Wildman–Crippen MR) is 121 cm³/mol. The van der Waals surface area contributed by atoms with Crippen LogP contribution in [0.3, 0.4) is 0 Å². The molecular formula is C22H25N3O2S2. The second kappa shape index (κ2) is 8.71. The fourth-order valence-corrected chi connectivity index (χ4v) is 6.00. The largest absolute Gasteiger partial charge is 0.350 e. The van der Waals surface area contributed by atoms with E-state index in [2.05, 4.69) is 28.3 Å². The van der Waals surface area contributed by atoms with E-state index in [-0.39, 0.29) is 17.5 Å². The number of carbonyl (C=O) groups excluding carboxylic acids is 1. The van der Waals surface area contributed by atoms with E-state index in [9.17, 15) is 9.59 Å². The topological polar surface area (TPSA) is 74.8 Å². The first kappa shape index (κ1) is 20.2. The van der Waals surface area contributed by atoms with Gasteiger partial charge < -0.3 is 10.3 Å². The van der Waals surface area contributed by atoms with Crippen molar-refractivity contribution in [2.45, 2.75) is 51.3 Å². The van der Waals surface area contributed by atoms with Crippen LogP contribution in [0.5, 0.6) is 0 Å². The molecule has 7 heteroatoms. The molecule has 3 aromatic rings. The highest BCUT2D eigenvalue weighted by Crippen LogP contribution is 2.34. The molecule has 0 saturated heterocycles. The molecule has 4 rings (SSSR count). The highest BCUT2D eigenvalue weighted by molar-refractivity contribution is 7.98. The molecule has 1 aliphatic rings. The summed E-state index contributed by atoms with van der Waals surface area (Å²) in [6.07, 6.45) is 3.64. The molecule has 0 fully saturated rings. The third-order valence-electron chi connectivity index (χ3n) is 5.37. The number of aromatic amines is 1. The SMILES string of the molecule is Cc1ccccc1C(C)NC(=O)CCSCc1nc2sc3c(c2c(=O)[nH]1)CCC3. The van der Waals surface area contributed by atoms with Crippen LogP contribution in [0, 0.1) is 6.92 Å². The van der Waals surface area contributed by atoms with Crippen molar-refractivity contribution in [2.75, 3.05) is 5.75 Å². The zero-order chi connectivity index (χ0) is 20.4. The third-order valence-corrected chi connectivity index (χ3v) is 7.52. The Balaban J connectivity index is 1.29. The highest BCUT2D eigenvalue weighted by atomic mass is 32.2. The number of rotatable bonds is 7. The van der Waals surface area contributed by atoms with Crippen molar-refractivity contribution in [1.82, 2.24) is 15.3 Å². The van der Waals surface area contributed by atoms with Crippen LogP contribution in [0.25, 0.3) is 10.2 Å². The predicted octanol–water partition coefficient (Wildman–Crippen LogP) is 4.28. The van der Waals surface area contributed by atoms with Crippen molar-refractivity contribution < 1.29 is 4.79 Å². The molecule has 2 N–H and O–H groups in total. The molecule has 152 valence electrons. The maximum absolute atomic E-state index is 12.5. The molecule has 1 atom stereocenters. The average Bonchev–Trinajstić information content (AvgIpc) is 3.26. The Morgan fingerprint density at radius 3 is 3.00 bits per heavy atom. The second-order valence-corrected chi connectivity index (χ2v) is 9.69. The quantitative estimate of drug-likeness (QED) is 0.552. The van der Waals surface area contributed by atoms with Gasteiger partial charge in [0.1, 0.15) is 10.7 Å². The summed E-state index contributed by atoms with van der Waals surface area (Å²) in [6.45, 7) is 4.07. The number of carbonyl (C=O) groups is 1. The molecular weight excluding hydrogens is 402 g/mol. The zero-order valence-corrected chi connectivity index (χ0v) is 18.3. The Bertz CT molecular complexity index is 1100. The molecule has 2 heterocycles. The van der Waals surface area contributed by atoms with E-state index >= 15 is 0 Å². The van der Waals surface area contributed by atoms with Gasteiger partial charge in [-0.15, -0.1) is 11.3 Å². The van der Waals surface area contributed by atoms with Crippen LogP contribution >= 0.6 is 23.1 Å². The van der Waals surface area contributed by atoms with Gasteiger partial charge in [-0.1, -0.05) is 24.3 Å². The van der Waals surface area contributed by atoms with Gasteiger partial charge in [-0.25, -0.2) is 4.98 Å². The van der Waals surface area contributed by atoms with Gasteiger partial charge in [-0.2, -0.15) is 11.8 Å². The Labute approximate surface area is 178 Å². The normalized spacial score (nSPS) is 14.1. The molecule has 0 saturated carbocycles. The molecule has 2 aromatic heterocycles. The number of nitrogens with zero attached hydrogens (tertiary/aromatic N) is 1. The van der Waals surface area contributed by atoms with Gasteiger partial charge in [-0.3, -0.25) is 9.59 Å². The van der Waals surface area contributed by atoms with Crippen molar-refractivity contribution in [3.8, 4) is 0 Å². The van der Waals surface area contributed by atoms with Gasteiger partial charge >= 0.3 is 0 Å². The molecule has 5 nitrogen and oxygen atoms in total. The monoisotopic (exact) mass is 427 g/mol. The summed E-state index contributed by atoms with van der Waals surface area (Å²) >= 11 is 3.28. The number of hydrogen-bond acceptors (Lipinski definition) is 5. The Morgan fingerprint density at radius 2 is 2.17 bits per heavy atom. The van der Waals surface area contributed by atoms with Gasteiger partial charge in [0.25, 0.3) is 5.56 Å². The molecule has 1 amide bonds. The maximum atomic E-state index is 12.5. The van der Waals surface area contributed by atoms with Gasteiger partial charge in [0.15, 0.2) is 0 Å². The molecule has 0 aliphatic heterocycles. The first-order valence-corrected chi connectivity index (χ1v) is 12.0. The lowest BCUT2D eigenvalue weighted by atomic mass is 10.0. The van der Waals surface area contributed by atoms with E-state index in [1.54, 1.807) is 23.1 Å². The van der Waals surface area contributed by atoms with Crippen LogP contribution in [-0.2, 0) is 23.4 Å². The van der Waals surface area contributed by atoms with E-state index in [1.807, 2.05) is 25.1 Å². The van der Waals surface area contributed by atoms with Crippen molar-refractivity contribution in [2.24, 2.45) is 0 Å². The number of aromatic nitrogens is 2. The maximum Gasteiger partial charge on any atom is 0.259 e. The van der Waals surface area contributed by atoms with Crippen molar-refractivity contribution in [3.63, 3.8) is 0 Å². The van der Waals surface area contributed by atoms with Crippen LogP contribution < -0.4 is 10.9 Å². The Morgan fingerprint density at radius 1 is 1.34 bits per heavy atom. The van der Waals surface area contributed by atoms with E-state index < -0.39 is 0 Å². The number of amides is 1. The summed E-state index contributed by atoms with van der Waals surface area (Å²) < 4.78 is 0. The molecule has 1 unspecified atom stereocenters. The van der Waals surface area contributed by atoms with Crippen LogP contribution in [0.1, 0.15) is 53.2 Å². The molecule has 1 aliphatic carbocycles. The van der Waals surface area contributed by atoms with Gasteiger partial charge in [0.05, 0.1) is 17.2 Å². The molecule has 0 spiro atoms. The first-order valence-electron chi connectivity index (χ1n) is 9.99. The van der Waals surface area contributed by atoms with E-state index in [4.69, 9.17) is 0 Å².